The van der Waals surface area contributed by atoms with E-state index in [1.165, 1.54) is 0 Å². The fourth-order valence-corrected chi connectivity index (χ4v) is 1.46. The summed E-state index contributed by atoms with van der Waals surface area (Å²) in [6.07, 6.45) is 1.67. The Hall–Kier alpha value is -1.65. The van der Waals surface area contributed by atoms with Gasteiger partial charge in [0.05, 0.1) is 5.69 Å². The number of nitrogens with two attached hydrogens (primary N) is 1. The fraction of sp³-hybridized carbons (Fsp3) is 0.0909. The van der Waals surface area contributed by atoms with Crippen molar-refractivity contribution in [1.29, 1.82) is 0 Å². The number of aromatic nitrogens is 2. The Kier molecular flexibility index (Phi) is 3.34. The minimum absolute atomic E-state index is 0.396. The first-order valence-electron chi connectivity index (χ1n) is 4.82. The van der Waals surface area contributed by atoms with Crippen LogP contribution in [-0.4, -0.2) is 9.97 Å². The Bertz CT molecular complexity index is 487. The monoisotopic (exact) mass is 234 g/mol. The number of rotatable bonds is 3. The van der Waals surface area contributed by atoms with Gasteiger partial charge in [-0.05, 0) is 24.3 Å². The summed E-state index contributed by atoms with van der Waals surface area (Å²) in [5.41, 5.74) is 7.14. The van der Waals surface area contributed by atoms with Crippen LogP contribution in [0, 0.1) is 0 Å². The van der Waals surface area contributed by atoms with Crippen LogP contribution in [0.4, 0.5) is 11.6 Å². The first kappa shape index (κ1) is 10.9. The average Bonchev–Trinajstić information content (AvgIpc) is 2.29. The molecule has 0 saturated heterocycles. The number of halogens is 1. The van der Waals surface area contributed by atoms with Gasteiger partial charge in [0.25, 0.3) is 0 Å². The molecular formula is C11H11ClN4. The molecule has 5 heteroatoms. The summed E-state index contributed by atoms with van der Waals surface area (Å²) >= 11 is 5.87. The quantitative estimate of drug-likeness (QED) is 0.856. The summed E-state index contributed by atoms with van der Waals surface area (Å²) in [5.74, 6) is 0.519. The van der Waals surface area contributed by atoms with Crippen LogP contribution in [0.15, 0.2) is 36.5 Å². The normalized spacial score (nSPS) is 10.1. The zero-order chi connectivity index (χ0) is 11.4. The predicted octanol–water partition coefficient (Wildman–Crippen LogP) is 2.33. The maximum atomic E-state index is 5.87. The van der Waals surface area contributed by atoms with Gasteiger partial charge in [-0.3, -0.25) is 0 Å². The number of anilines is 2. The predicted molar refractivity (Wildman–Crippen MR) is 64.7 cm³/mol. The Labute approximate surface area is 98.5 Å². The maximum Gasteiger partial charge on any atom is 0.227 e. The molecule has 82 valence electrons. The maximum absolute atomic E-state index is 5.87. The van der Waals surface area contributed by atoms with E-state index in [1.54, 1.807) is 18.3 Å². The highest BCUT2D eigenvalue weighted by Crippen LogP contribution is 2.17. The summed E-state index contributed by atoms with van der Waals surface area (Å²) in [6, 6.07) is 9.15. The molecule has 16 heavy (non-hydrogen) atoms. The van der Waals surface area contributed by atoms with Crippen molar-refractivity contribution in [3.8, 4) is 0 Å². The molecule has 0 bridgehead atoms. The second-order valence-electron chi connectivity index (χ2n) is 3.21. The molecule has 2 aromatic rings. The molecule has 0 fully saturated rings. The van der Waals surface area contributed by atoms with Gasteiger partial charge in [-0.1, -0.05) is 17.7 Å². The zero-order valence-electron chi connectivity index (χ0n) is 8.52. The van der Waals surface area contributed by atoms with Crippen LogP contribution in [0.1, 0.15) is 5.69 Å². The molecule has 0 amide bonds. The van der Waals surface area contributed by atoms with Crippen molar-refractivity contribution in [1.82, 2.24) is 9.97 Å². The highest BCUT2D eigenvalue weighted by molar-refractivity contribution is 6.30. The van der Waals surface area contributed by atoms with E-state index in [-0.39, 0.29) is 0 Å². The van der Waals surface area contributed by atoms with Gasteiger partial charge in [-0.25, -0.2) is 9.97 Å². The standard InChI is InChI=1S/C11H11ClN4/c12-8-2-1-3-9(6-8)15-11-14-5-4-10(7-13)16-11/h1-6H,7,13H2,(H,14,15,16). The first-order valence-corrected chi connectivity index (χ1v) is 5.20. The molecule has 0 saturated carbocycles. The van der Waals surface area contributed by atoms with Crippen molar-refractivity contribution in [2.45, 2.75) is 6.54 Å². The van der Waals surface area contributed by atoms with Gasteiger partial charge >= 0.3 is 0 Å². The van der Waals surface area contributed by atoms with Crippen LogP contribution in [-0.2, 0) is 6.54 Å². The van der Waals surface area contributed by atoms with E-state index in [0.29, 0.717) is 17.5 Å². The lowest BCUT2D eigenvalue weighted by Gasteiger charge is -2.05. The molecule has 1 aromatic carbocycles. The van der Waals surface area contributed by atoms with Crippen LogP contribution in [0.2, 0.25) is 5.02 Å². The Morgan fingerprint density at radius 3 is 2.94 bits per heavy atom. The van der Waals surface area contributed by atoms with Gasteiger partial charge in [-0.15, -0.1) is 0 Å². The molecule has 0 aliphatic carbocycles. The zero-order valence-corrected chi connectivity index (χ0v) is 9.28. The number of hydrogen-bond donors (Lipinski definition) is 2. The van der Waals surface area contributed by atoms with Crippen LogP contribution >= 0.6 is 11.6 Å². The molecule has 0 unspecified atom stereocenters. The van der Waals surface area contributed by atoms with E-state index >= 15 is 0 Å². The molecule has 1 heterocycles. The van der Waals surface area contributed by atoms with Gasteiger partial charge in [0.1, 0.15) is 0 Å². The lowest BCUT2D eigenvalue weighted by Crippen LogP contribution is -2.03. The van der Waals surface area contributed by atoms with E-state index < -0.39 is 0 Å². The molecule has 2 rings (SSSR count). The van der Waals surface area contributed by atoms with Crippen LogP contribution < -0.4 is 11.1 Å². The topological polar surface area (TPSA) is 63.8 Å². The third kappa shape index (κ3) is 2.68. The SMILES string of the molecule is NCc1ccnc(Nc2cccc(Cl)c2)n1. The second-order valence-corrected chi connectivity index (χ2v) is 3.65. The minimum Gasteiger partial charge on any atom is -0.325 e. The highest BCUT2D eigenvalue weighted by atomic mass is 35.5. The molecule has 0 atom stereocenters. The fourth-order valence-electron chi connectivity index (χ4n) is 1.27. The summed E-state index contributed by atoms with van der Waals surface area (Å²) in [7, 11) is 0. The number of benzene rings is 1. The second kappa shape index (κ2) is 4.92. The van der Waals surface area contributed by atoms with Crippen molar-refractivity contribution in [2.75, 3.05) is 5.32 Å². The first-order chi connectivity index (χ1) is 7.78. The lowest BCUT2D eigenvalue weighted by molar-refractivity contribution is 0.969. The smallest absolute Gasteiger partial charge is 0.227 e. The van der Waals surface area contributed by atoms with Gasteiger partial charge in [0.2, 0.25) is 5.95 Å². The van der Waals surface area contributed by atoms with Crippen molar-refractivity contribution in [3.63, 3.8) is 0 Å². The third-order valence-corrected chi connectivity index (χ3v) is 2.24. The van der Waals surface area contributed by atoms with E-state index in [1.807, 2.05) is 18.2 Å². The third-order valence-electron chi connectivity index (χ3n) is 2.00. The van der Waals surface area contributed by atoms with Gasteiger partial charge in [0.15, 0.2) is 0 Å². The van der Waals surface area contributed by atoms with Gasteiger partial charge < -0.3 is 11.1 Å². The van der Waals surface area contributed by atoms with E-state index in [9.17, 15) is 0 Å². The minimum atomic E-state index is 0.396. The van der Waals surface area contributed by atoms with Gasteiger partial charge in [-0.2, -0.15) is 0 Å². The molecular weight excluding hydrogens is 224 g/mol. The summed E-state index contributed by atoms with van der Waals surface area (Å²) < 4.78 is 0. The largest absolute Gasteiger partial charge is 0.325 e. The molecule has 0 aliphatic rings. The number of nitrogens with zero attached hydrogens (tertiary/aromatic N) is 2. The summed E-state index contributed by atoms with van der Waals surface area (Å²) in [6.45, 7) is 0.396. The van der Waals surface area contributed by atoms with Crippen molar-refractivity contribution < 1.29 is 0 Å². The Morgan fingerprint density at radius 2 is 2.19 bits per heavy atom. The molecule has 1 aromatic heterocycles. The molecule has 0 radical (unpaired) electrons. The summed E-state index contributed by atoms with van der Waals surface area (Å²) in [4.78, 5) is 8.32. The Morgan fingerprint density at radius 1 is 1.31 bits per heavy atom. The van der Waals surface area contributed by atoms with E-state index in [4.69, 9.17) is 17.3 Å². The Balaban J connectivity index is 2.20. The van der Waals surface area contributed by atoms with E-state index in [2.05, 4.69) is 15.3 Å². The molecule has 4 nitrogen and oxygen atoms in total. The summed E-state index contributed by atoms with van der Waals surface area (Å²) in [5, 5.41) is 3.72. The molecule has 3 N–H and O–H groups in total. The number of hydrogen-bond acceptors (Lipinski definition) is 4. The van der Waals surface area contributed by atoms with E-state index in [0.717, 1.165) is 11.4 Å². The average molecular weight is 235 g/mol. The van der Waals surface area contributed by atoms with Crippen LogP contribution in [0.5, 0.6) is 0 Å². The lowest BCUT2D eigenvalue weighted by atomic mass is 10.3. The molecule has 0 spiro atoms. The highest BCUT2D eigenvalue weighted by Gasteiger charge is 1.99. The van der Waals surface area contributed by atoms with Gasteiger partial charge in [0, 0.05) is 23.5 Å². The van der Waals surface area contributed by atoms with Crippen molar-refractivity contribution >= 4 is 23.2 Å². The van der Waals surface area contributed by atoms with Crippen molar-refractivity contribution in [2.24, 2.45) is 5.73 Å². The van der Waals surface area contributed by atoms with Crippen LogP contribution in [0.3, 0.4) is 0 Å². The van der Waals surface area contributed by atoms with Crippen LogP contribution in [0.25, 0.3) is 0 Å². The molecule has 0 aliphatic heterocycles. The number of nitrogens with one attached hydrogen (secondary N) is 1. The van der Waals surface area contributed by atoms with Crippen molar-refractivity contribution in [3.05, 3.63) is 47.2 Å².